The van der Waals surface area contributed by atoms with Gasteiger partial charge in [-0.15, -0.1) is 0 Å². The molecule has 0 spiro atoms. The molecule has 2 heteroatoms. The molecule has 1 N–H and O–H groups in total. The molecule has 0 aliphatic carbocycles. The van der Waals surface area contributed by atoms with E-state index in [0.29, 0.717) is 12.0 Å². The van der Waals surface area contributed by atoms with Crippen LogP contribution in [0.15, 0.2) is 24.3 Å². The highest BCUT2D eigenvalue weighted by molar-refractivity contribution is 5.28. The van der Waals surface area contributed by atoms with Crippen molar-refractivity contribution in [1.29, 1.82) is 0 Å². The van der Waals surface area contributed by atoms with Gasteiger partial charge in [0.2, 0.25) is 0 Å². The quantitative estimate of drug-likeness (QED) is 0.907. The van der Waals surface area contributed by atoms with Gasteiger partial charge in [0.1, 0.15) is 0 Å². The van der Waals surface area contributed by atoms with Crippen molar-refractivity contribution in [3.05, 3.63) is 35.4 Å². The lowest BCUT2D eigenvalue weighted by atomic mass is 9.85. The van der Waals surface area contributed by atoms with Gasteiger partial charge in [0.05, 0.1) is 6.61 Å². The highest BCUT2D eigenvalue weighted by Gasteiger charge is 2.23. The van der Waals surface area contributed by atoms with Crippen LogP contribution in [0.4, 0.5) is 0 Å². The smallest absolute Gasteiger partial charge is 0.0509 e. The molecule has 0 radical (unpaired) electrons. The fourth-order valence-electron chi connectivity index (χ4n) is 2.98. The minimum atomic E-state index is 0.234. The maximum atomic E-state index is 5.63. The summed E-state index contributed by atoms with van der Waals surface area (Å²) in [7, 11) is 2.07. The van der Waals surface area contributed by atoms with E-state index in [1.165, 1.54) is 24.0 Å². The number of hydrogen-bond donors (Lipinski definition) is 1. The van der Waals surface area contributed by atoms with E-state index < -0.39 is 0 Å². The van der Waals surface area contributed by atoms with Crippen molar-refractivity contribution in [2.75, 3.05) is 20.3 Å². The molecule has 2 atom stereocenters. The zero-order valence-corrected chi connectivity index (χ0v) is 13.4. The summed E-state index contributed by atoms with van der Waals surface area (Å²) in [4.78, 5) is 0. The van der Waals surface area contributed by atoms with Crippen LogP contribution >= 0.6 is 0 Å². The van der Waals surface area contributed by atoms with E-state index in [1.807, 2.05) is 0 Å². The van der Waals surface area contributed by atoms with Crippen molar-refractivity contribution in [1.82, 2.24) is 5.32 Å². The van der Waals surface area contributed by atoms with Crippen molar-refractivity contribution < 1.29 is 4.74 Å². The summed E-state index contributed by atoms with van der Waals surface area (Å²) in [6.45, 7) is 8.63. The Bertz CT molecular complexity index is 398. The van der Waals surface area contributed by atoms with Gasteiger partial charge in [0.15, 0.2) is 0 Å². The third-order valence-electron chi connectivity index (χ3n) is 4.41. The molecule has 1 aliphatic heterocycles. The lowest BCUT2D eigenvalue weighted by molar-refractivity contribution is 0.0405. The molecule has 1 saturated heterocycles. The molecule has 1 heterocycles. The van der Waals surface area contributed by atoms with Crippen LogP contribution in [0, 0.1) is 5.92 Å². The molecule has 2 unspecified atom stereocenters. The van der Waals surface area contributed by atoms with Gasteiger partial charge < -0.3 is 10.1 Å². The van der Waals surface area contributed by atoms with Gasteiger partial charge in [-0.25, -0.2) is 0 Å². The summed E-state index contributed by atoms with van der Waals surface area (Å²) in [5.74, 6) is 0.649. The molecule has 0 saturated carbocycles. The molecular formula is C18H29NO. The maximum Gasteiger partial charge on any atom is 0.0509 e. The van der Waals surface area contributed by atoms with Crippen molar-refractivity contribution >= 4 is 0 Å². The van der Waals surface area contributed by atoms with E-state index >= 15 is 0 Å². The average molecular weight is 275 g/mol. The van der Waals surface area contributed by atoms with Crippen LogP contribution in [0.25, 0.3) is 0 Å². The Morgan fingerprint density at radius 1 is 1.25 bits per heavy atom. The molecule has 1 fully saturated rings. The zero-order chi connectivity index (χ0) is 14.6. The van der Waals surface area contributed by atoms with E-state index in [4.69, 9.17) is 4.74 Å². The molecule has 0 bridgehead atoms. The lowest BCUT2D eigenvalue weighted by Gasteiger charge is -2.30. The van der Waals surface area contributed by atoms with Gasteiger partial charge in [-0.05, 0) is 48.8 Å². The Morgan fingerprint density at radius 3 is 2.45 bits per heavy atom. The normalized spacial score (nSPS) is 21.7. The molecule has 0 amide bonds. The lowest BCUT2D eigenvalue weighted by Crippen LogP contribution is -2.39. The molecule has 1 aromatic carbocycles. The Labute approximate surface area is 123 Å². The van der Waals surface area contributed by atoms with Crippen LogP contribution in [0.3, 0.4) is 0 Å². The first-order valence-corrected chi connectivity index (χ1v) is 7.85. The van der Waals surface area contributed by atoms with Gasteiger partial charge in [0.25, 0.3) is 0 Å². The predicted octanol–water partition coefficient (Wildman–Crippen LogP) is 3.54. The second kappa shape index (κ2) is 6.73. The monoisotopic (exact) mass is 275 g/mol. The van der Waals surface area contributed by atoms with Gasteiger partial charge in [-0.2, -0.15) is 0 Å². The second-order valence-corrected chi connectivity index (χ2v) is 7.02. The fourth-order valence-corrected chi connectivity index (χ4v) is 2.98. The number of ether oxygens (including phenoxy) is 1. The van der Waals surface area contributed by atoms with Gasteiger partial charge in [0, 0.05) is 12.6 Å². The van der Waals surface area contributed by atoms with Crippen LogP contribution in [-0.2, 0) is 16.6 Å². The molecule has 0 aromatic heterocycles. The van der Waals surface area contributed by atoms with Gasteiger partial charge in [-0.1, -0.05) is 45.0 Å². The highest BCUT2D eigenvalue weighted by Crippen LogP contribution is 2.24. The van der Waals surface area contributed by atoms with E-state index in [2.05, 4.69) is 57.4 Å². The molecule has 1 aliphatic rings. The topological polar surface area (TPSA) is 21.3 Å². The van der Waals surface area contributed by atoms with Crippen molar-refractivity contribution in [2.45, 2.75) is 51.5 Å². The Balaban J connectivity index is 2.00. The number of likely N-dealkylation sites (N-methyl/N-ethyl adjacent to an activating group) is 1. The molecule has 2 nitrogen and oxygen atoms in total. The van der Waals surface area contributed by atoms with Crippen molar-refractivity contribution in [2.24, 2.45) is 5.92 Å². The SMILES string of the molecule is CNC(Cc1ccc(C(C)(C)C)cc1)C1CCCOC1. The van der Waals surface area contributed by atoms with Crippen LogP contribution in [0.5, 0.6) is 0 Å². The second-order valence-electron chi connectivity index (χ2n) is 7.02. The molecular weight excluding hydrogens is 246 g/mol. The standard InChI is InChI=1S/C18H29NO/c1-18(2,3)16-9-7-14(8-10-16)12-17(19-4)15-6-5-11-20-13-15/h7-10,15,17,19H,5-6,11-13H2,1-4H3. The molecule has 112 valence electrons. The first-order valence-electron chi connectivity index (χ1n) is 7.85. The minimum Gasteiger partial charge on any atom is -0.381 e. The Morgan fingerprint density at radius 2 is 1.95 bits per heavy atom. The molecule has 20 heavy (non-hydrogen) atoms. The van der Waals surface area contributed by atoms with Crippen molar-refractivity contribution in [3.63, 3.8) is 0 Å². The number of nitrogens with one attached hydrogen (secondary N) is 1. The Kier molecular flexibility index (Phi) is 5.22. The van der Waals surface area contributed by atoms with Crippen LogP contribution in [0.2, 0.25) is 0 Å². The third kappa shape index (κ3) is 4.07. The maximum absolute atomic E-state index is 5.63. The zero-order valence-electron chi connectivity index (χ0n) is 13.4. The van der Waals surface area contributed by atoms with Crippen LogP contribution < -0.4 is 5.32 Å². The summed E-state index contributed by atoms with van der Waals surface area (Å²) >= 11 is 0. The summed E-state index contributed by atoms with van der Waals surface area (Å²) in [5.41, 5.74) is 3.06. The summed E-state index contributed by atoms with van der Waals surface area (Å²) < 4.78 is 5.63. The first-order chi connectivity index (χ1) is 9.50. The fraction of sp³-hybridized carbons (Fsp3) is 0.667. The van der Waals surface area contributed by atoms with Crippen LogP contribution in [-0.4, -0.2) is 26.3 Å². The van der Waals surface area contributed by atoms with E-state index in [9.17, 15) is 0 Å². The van der Waals surface area contributed by atoms with E-state index in [1.54, 1.807) is 0 Å². The van der Waals surface area contributed by atoms with Crippen molar-refractivity contribution in [3.8, 4) is 0 Å². The number of hydrogen-bond acceptors (Lipinski definition) is 2. The number of benzene rings is 1. The predicted molar refractivity (Wildman–Crippen MR) is 85.2 cm³/mol. The van der Waals surface area contributed by atoms with Gasteiger partial charge in [-0.3, -0.25) is 0 Å². The molecule has 1 aromatic rings. The van der Waals surface area contributed by atoms with Gasteiger partial charge >= 0.3 is 0 Å². The Hall–Kier alpha value is -0.860. The largest absolute Gasteiger partial charge is 0.381 e. The third-order valence-corrected chi connectivity index (χ3v) is 4.41. The summed E-state index contributed by atoms with van der Waals surface area (Å²) in [6, 6.07) is 9.65. The van der Waals surface area contributed by atoms with E-state index in [-0.39, 0.29) is 5.41 Å². The summed E-state index contributed by atoms with van der Waals surface area (Å²) in [5, 5.41) is 3.49. The summed E-state index contributed by atoms with van der Waals surface area (Å²) in [6.07, 6.45) is 3.58. The highest BCUT2D eigenvalue weighted by atomic mass is 16.5. The van der Waals surface area contributed by atoms with E-state index in [0.717, 1.165) is 19.6 Å². The number of rotatable bonds is 4. The van der Waals surface area contributed by atoms with Crippen LogP contribution in [0.1, 0.15) is 44.7 Å². The molecule has 2 rings (SSSR count). The minimum absolute atomic E-state index is 0.234. The first kappa shape index (κ1) is 15.5. The average Bonchev–Trinajstić information content (AvgIpc) is 2.45.